The minimum atomic E-state index is -2.98. The van der Waals surface area contributed by atoms with Gasteiger partial charge in [0.1, 0.15) is 0 Å². The number of fused-ring (bicyclic) bond motifs is 5. The van der Waals surface area contributed by atoms with Gasteiger partial charge in [0.05, 0.1) is 6.26 Å². The van der Waals surface area contributed by atoms with Gasteiger partial charge in [0.25, 0.3) is 0 Å². The second-order valence-electron chi connectivity index (χ2n) is 8.27. The zero-order chi connectivity index (χ0) is 15.3. The highest BCUT2D eigenvalue weighted by atomic mass is 32.2. The van der Waals surface area contributed by atoms with E-state index in [0.29, 0.717) is 19.0 Å². The molecule has 4 fully saturated rings. The Morgan fingerprint density at radius 1 is 1.00 bits per heavy atom. The monoisotopic (exact) mass is 326 g/mol. The summed E-state index contributed by atoms with van der Waals surface area (Å²) in [7, 11) is -2.98. The van der Waals surface area contributed by atoms with Crippen molar-refractivity contribution in [2.45, 2.75) is 51.0 Å². The van der Waals surface area contributed by atoms with Crippen molar-refractivity contribution >= 4 is 10.0 Å². The lowest BCUT2D eigenvalue weighted by molar-refractivity contribution is 0.193. The Balaban J connectivity index is 1.25. The van der Waals surface area contributed by atoms with Gasteiger partial charge in [0, 0.05) is 19.1 Å². The van der Waals surface area contributed by atoms with Crippen LogP contribution in [0.4, 0.5) is 0 Å². The molecule has 126 valence electrons. The summed E-state index contributed by atoms with van der Waals surface area (Å²) in [5.41, 5.74) is 0. The lowest BCUT2D eigenvalue weighted by atomic mass is 9.79. The van der Waals surface area contributed by atoms with Crippen LogP contribution in [-0.4, -0.2) is 44.7 Å². The maximum absolute atomic E-state index is 11.6. The van der Waals surface area contributed by atoms with Crippen LogP contribution in [0.2, 0.25) is 0 Å². The van der Waals surface area contributed by atoms with Crippen LogP contribution in [0.15, 0.2) is 0 Å². The Labute approximate surface area is 135 Å². The highest BCUT2D eigenvalue weighted by Gasteiger charge is 2.53. The third kappa shape index (κ3) is 2.73. The fourth-order valence-corrected chi connectivity index (χ4v) is 6.94. The minimum absolute atomic E-state index is 0.663. The molecule has 5 atom stereocenters. The number of piperidine rings is 1. The number of hydrogen-bond acceptors (Lipinski definition) is 3. The summed E-state index contributed by atoms with van der Waals surface area (Å²) in [5, 5.41) is 3.88. The van der Waals surface area contributed by atoms with E-state index >= 15 is 0 Å². The Morgan fingerprint density at radius 3 is 2.45 bits per heavy atom. The number of rotatable bonds is 4. The molecule has 1 aliphatic heterocycles. The fourth-order valence-electron chi connectivity index (χ4n) is 6.07. The Morgan fingerprint density at radius 2 is 1.73 bits per heavy atom. The SMILES string of the molecule is CS(=O)(=O)N1CCC(CN[C@@H]2C[C@H]3C[C@H]2[C@H]2CCC[C@H]32)CC1. The van der Waals surface area contributed by atoms with Crippen molar-refractivity contribution in [2.24, 2.45) is 29.6 Å². The van der Waals surface area contributed by atoms with E-state index in [4.69, 9.17) is 0 Å². The van der Waals surface area contributed by atoms with Crippen molar-refractivity contribution < 1.29 is 8.42 Å². The standard InChI is InChI=1S/C17H30N2O2S/c1-22(20,21)19-7-5-12(6-8-19)11-18-17-10-13-9-16(17)15-4-2-3-14(13)15/h12-18H,2-11H2,1H3/t13-,14-,15+,16+,17-/m1/s1. The van der Waals surface area contributed by atoms with Crippen LogP contribution < -0.4 is 5.32 Å². The van der Waals surface area contributed by atoms with E-state index < -0.39 is 10.0 Å². The van der Waals surface area contributed by atoms with E-state index in [1.165, 1.54) is 38.4 Å². The predicted octanol–water partition coefficient (Wildman–Crippen LogP) is 2.07. The maximum Gasteiger partial charge on any atom is 0.211 e. The van der Waals surface area contributed by atoms with Gasteiger partial charge in [-0.25, -0.2) is 12.7 Å². The van der Waals surface area contributed by atoms with Gasteiger partial charge in [-0.3, -0.25) is 0 Å². The van der Waals surface area contributed by atoms with Crippen LogP contribution >= 0.6 is 0 Å². The van der Waals surface area contributed by atoms with Gasteiger partial charge in [-0.05, 0) is 74.7 Å². The quantitative estimate of drug-likeness (QED) is 0.860. The zero-order valence-electron chi connectivity index (χ0n) is 13.7. The van der Waals surface area contributed by atoms with Crippen LogP contribution in [-0.2, 0) is 10.0 Å². The van der Waals surface area contributed by atoms with Crippen LogP contribution in [0.5, 0.6) is 0 Å². The van der Waals surface area contributed by atoms with Gasteiger partial charge in [0.15, 0.2) is 0 Å². The van der Waals surface area contributed by atoms with E-state index in [0.717, 1.165) is 49.1 Å². The van der Waals surface area contributed by atoms with Gasteiger partial charge in [-0.2, -0.15) is 0 Å². The first-order chi connectivity index (χ1) is 10.5. The predicted molar refractivity (Wildman–Crippen MR) is 88.0 cm³/mol. The molecular formula is C17H30N2O2S. The number of nitrogens with one attached hydrogen (secondary N) is 1. The maximum atomic E-state index is 11.6. The molecule has 2 bridgehead atoms. The lowest BCUT2D eigenvalue weighted by Crippen LogP contribution is -2.44. The summed E-state index contributed by atoms with van der Waals surface area (Å²) in [6.45, 7) is 2.53. The van der Waals surface area contributed by atoms with Crippen LogP contribution in [0.3, 0.4) is 0 Å². The number of hydrogen-bond donors (Lipinski definition) is 1. The molecule has 0 aromatic rings. The molecule has 22 heavy (non-hydrogen) atoms. The third-order valence-electron chi connectivity index (χ3n) is 7.14. The van der Waals surface area contributed by atoms with Gasteiger partial charge in [-0.1, -0.05) is 6.42 Å². The molecule has 4 rings (SSSR count). The summed E-state index contributed by atoms with van der Waals surface area (Å²) in [6.07, 6.45) is 10.7. The molecule has 3 aliphatic carbocycles. The van der Waals surface area contributed by atoms with Crippen molar-refractivity contribution in [1.82, 2.24) is 9.62 Å². The summed E-state index contributed by atoms with van der Waals surface area (Å²) >= 11 is 0. The lowest BCUT2D eigenvalue weighted by Gasteiger charge is -2.35. The van der Waals surface area contributed by atoms with Crippen molar-refractivity contribution in [2.75, 3.05) is 25.9 Å². The zero-order valence-corrected chi connectivity index (χ0v) is 14.5. The van der Waals surface area contributed by atoms with Gasteiger partial charge in [0.2, 0.25) is 10.0 Å². The molecular weight excluding hydrogens is 296 g/mol. The number of nitrogens with zero attached hydrogens (tertiary/aromatic N) is 1. The minimum Gasteiger partial charge on any atom is -0.313 e. The first-order valence-corrected chi connectivity index (χ1v) is 11.1. The molecule has 0 spiro atoms. The topological polar surface area (TPSA) is 49.4 Å². The molecule has 0 unspecified atom stereocenters. The average Bonchev–Trinajstić information content (AvgIpc) is 3.17. The van der Waals surface area contributed by atoms with Crippen molar-refractivity contribution in [3.63, 3.8) is 0 Å². The molecule has 3 saturated carbocycles. The molecule has 1 saturated heterocycles. The van der Waals surface area contributed by atoms with Crippen molar-refractivity contribution in [1.29, 1.82) is 0 Å². The Hall–Kier alpha value is -0.130. The van der Waals surface area contributed by atoms with E-state index in [9.17, 15) is 8.42 Å². The van der Waals surface area contributed by atoms with E-state index in [1.807, 2.05) is 0 Å². The second-order valence-corrected chi connectivity index (χ2v) is 10.3. The van der Waals surface area contributed by atoms with E-state index in [2.05, 4.69) is 5.32 Å². The second kappa shape index (κ2) is 5.75. The summed E-state index contributed by atoms with van der Waals surface area (Å²) in [4.78, 5) is 0. The summed E-state index contributed by atoms with van der Waals surface area (Å²) < 4.78 is 24.8. The molecule has 1 heterocycles. The molecule has 0 aromatic carbocycles. The van der Waals surface area contributed by atoms with E-state index in [-0.39, 0.29) is 0 Å². The molecule has 1 N–H and O–H groups in total. The van der Waals surface area contributed by atoms with E-state index in [1.54, 1.807) is 4.31 Å². The largest absolute Gasteiger partial charge is 0.313 e. The van der Waals surface area contributed by atoms with Crippen LogP contribution in [0.25, 0.3) is 0 Å². The normalized spacial score (nSPS) is 42.9. The third-order valence-corrected chi connectivity index (χ3v) is 8.44. The van der Waals surface area contributed by atoms with Gasteiger partial charge < -0.3 is 5.32 Å². The van der Waals surface area contributed by atoms with Crippen LogP contribution in [0, 0.1) is 29.6 Å². The summed E-state index contributed by atoms with van der Waals surface area (Å²) in [6, 6.07) is 0.761. The Bertz CT molecular complexity index is 513. The first kappa shape index (κ1) is 15.4. The molecule has 0 aromatic heterocycles. The van der Waals surface area contributed by atoms with Gasteiger partial charge in [-0.15, -0.1) is 0 Å². The average molecular weight is 327 g/mol. The molecule has 0 amide bonds. The smallest absolute Gasteiger partial charge is 0.211 e. The highest BCUT2D eigenvalue weighted by Crippen LogP contribution is 2.58. The Kier molecular flexibility index (Phi) is 4.02. The number of sulfonamides is 1. The molecule has 4 nitrogen and oxygen atoms in total. The fraction of sp³-hybridized carbons (Fsp3) is 1.00. The molecule has 0 radical (unpaired) electrons. The first-order valence-electron chi connectivity index (χ1n) is 9.21. The summed E-state index contributed by atoms with van der Waals surface area (Å²) in [5.74, 6) is 4.73. The highest BCUT2D eigenvalue weighted by molar-refractivity contribution is 7.88. The van der Waals surface area contributed by atoms with Crippen molar-refractivity contribution in [3.8, 4) is 0 Å². The molecule has 4 aliphatic rings. The molecule has 5 heteroatoms. The van der Waals surface area contributed by atoms with Crippen molar-refractivity contribution in [3.05, 3.63) is 0 Å². The van der Waals surface area contributed by atoms with Crippen LogP contribution in [0.1, 0.15) is 44.9 Å². The van der Waals surface area contributed by atoms with Gasteiger partial charge >= 0.3 is 0 Å².